The summed E-state index contributed by atoms with van der Waals surface area (Å²) in [7, 11) is 8.35. The maximum absolute atomic E-state index is 15.3. The van der Waals surface area contributed by atoms with Gasteiger partial charge < -0.3 is 60.5 Å². The van der Waals surface area contributed by atoms with E-state index in [-0.39, 0.29) is 74.5 Å². The van der Waals surface area contributed by atoms with Crippen molar-refractivity contribution in [2.45, 2.75) is 229 Å². The number of hydrogen-bond donors (Lipinski definition) is 5. The molecule has 25 heteroatoms. The molecular formula is C67H114N12O13. The number of aromatic nitrogens is 2. The Labute approximate surface area is 548 Å². The highest BCUT2D eigenvalue weighted by molar-refractivity contribution is 5.99. The van der Waals surface area contributed by atoms with Crippen molar-refractivity contribution in [2.24, 2.45) is 47.3 Å². The topological polar surface area (TPSA) is 311 Å². The molecule has 1 aliphatic heterocycles. The summed E-state index contributed by atoms with van der Waals surface area (Å²) in [6.45, 7) is 29.4. The zero-order valence-electron chi connectivity index (χ0n) is 59.4. The predicted octanol–water partition coefficient (Wildman–Crippen LogP) is 4.31. The normalized spacial score (nSPS) is 25.7. The minimum atomic E-state index is -1.68. The Balaban J connectivity index is 3.01. The van der Waals surface area contributed by atoms with Gasteiger partial charge in [-0.15, -0.1) is 0 Å². The fourth-order valence-electron chi connectivity index (χ4n) is 11.3. The van der Waals surface area contributed by atoms with Crippen LogP contribution >= 0.6 is 0 Å². The van der Waals surface area contributed by atoms with Gasteiger partial charge in [-0.25, -0.2) is 14.8 Å². The number of aliphatic hydroxyl groups is 1. The molecule has 12 atom stereocenters. The number of likely N-dealkylation sites (N-methyl/N-ethyl adjacent to an activating group) is 6. The molecule has 0 aromatic carbocycles. The smallest absolute Gasteiger partial charge is 0.329 e. The van der Waals surface area contributed by atoms with E-state index in [4.69, 9.17) is 4.74 Å². The van der Waals surface area contributed by atoms with Crippen molar-refractivity contribution < 1.29 is 62.6 Å². The Kier molecular flexibility index (Phi) is 33.1. The Morgan fingerprint density at radius 2 is 0.967 bits per heavy atom. The average molecular weight is 1300 g/mol. The van der Waals surface area contributed by atoms with Crippen molar-refractivity contribution in [3.8, 4) is 0 Å². The molecule has 0 bridgehead atoms. The molecular weight excluding hydrogens is 1180 g/mol. The lowest BCUT2D eigenvalue weighted by molar-refractivity contribution is -0.166. The summed E-state index contributed by atoms with van der Waals surface area (Å²) in [6, 6.07) is -9.95. The summed E-state index contributed by atoms with van der Waals surface area (Å²) in [5.41, 5.74) is 0.580. The summed E-state index contributed by atoms with van der Waals surface area (Å²) in [5.74, 6) is -11.0. The quantitative estimate of drug-likeness (QED) is 0.128. The molecule has 0 aliphatic carbocycles. The minimum absolute atomic E-state index is 0.00550. The molecule has 0 radical (unpaired) electrons. The zero-order chi connectivity index (χ0) is 70.5. The third-order valence-electron chi connectivity index (χ3n) is 16.7. The van der Waals surface area contributed by atoms with E-state index in [1.165, 1.54) is 75.1 Å². The van der Waals surface area contributed by atoms with Gasteiger partial charge in [0.2, 0.25) is 53.2 Å². The molecule has 1 aliphatic rings. The Bertz CT molecular complexity index is 2670. The van der Waals surface area contributed by atoms with Gasteiger partial charge in [0, 0.05) is 48.5 Å². The average Bonchev–Trinajstić information content (AvgIpc) is 0.866. The SMILES string of the molecule is CC[C@@H]1NC(=O)[C@H](C(O)[C@H](C)C/C=C\c2ccncn2)N(C)C(=O)[C@H](C(C)C)N(C)C(=O)[C@H](CC(C)C)NC(=O)[C@H](CC(C)C)N(C)C(=O)[C@H](C(C)C)OC(=O)[C@@H](C)NC(=O)[C@@H](CC(C)C)N(C)C(=O)[C@@H](CC(C)C)NC(=O)[C@H](CC(C)C)N(C)C(=O)CN(C)C1=O. The Hall–Kier alpha value is -7.05. The van der Waals surface area contributed by atoms with Crippen LogP contribution in [0.2, 0.25) is 0 Å². The molecule has 0 spiro atoms. The fraction of sp³-hybridized carbons (Fsp3) is 0.746. The number of carbonyl (C=O) groups is 11. The second kappa shape index (κ2) is 37.6. The number of aliphatic hydroxyl groups excluding tert-OH is 1. The van der Waals surface area contributed by atoms with Crippen molar-refractivity contribution >= 4 is 71.1 Å². The summed E-state index contributed by atoms with van der Waals surface area (Å²) in [6.07, 6.45) is 4.15. The van der Waals surface area contributed by atoms with E-state index >= 15 is 14.4 Å². The summed E-state index contributed by atoms with van der Waals surface area (Å²) < 4.78 is 5.91. The number of cyclic esters (lactones) is 1. The van der Waals surface area contributed by atoms with E-state index in [9.17, 15) is 43.5 Å². The highest BCUT2D eigenvalue weighted by atomic mass is 16.6. The van der Waals surface area contributed by atoms with Crippen LogP contribution in [0.15, 0.2) is 24.7 Å². The number of rotatable bonds is 18. The molecule has 1 unspecified atom stereocenters. The second-order valence-electron chi connectivity index (χ2n) is 28.0. The van der Waals surface area contributed by atoms with Gasteiger partial charge >= 0.3 is 5.97 Å². The maximum atomic E-state index is 15.3. The van der Waals surface area contributed by atoms with E-state index in [1.807, 2.05) is 69.2 Å². The van der Waals surface area contributed by atoms with Crippen molar-refractivity contribution in [2.75, 3.05) is 48.8 Å². The molecule has 5 N–H and O–H groups in total. The number of carbonyl (C=O) groups excluding carboxylic acids is 11. The fourth-order valence-corrected chi connectivity index (χ4v) is 11.3. The van der Waals surface area contributed by atoms with Gasteiger partial charge in [-0.3, -0.25) is 47.9 Å². The van der Waals surface area contributed by atoms with Gasteiger partial charge in [-0.1, -0.05) is 117 Å². The summed E-state index contributed by atoms with van der Waals surface area (Å²) in [4.78, 5) is 177. The first-order valence-electron chi connectivity index (χ1n) is 32.8. The number of nitrogens with one attached hydrogen (secondary N) is 4. The van der Waals surface area contributed by atoms with Crippen molar-refractivity contribution in [1.29, 1.82) is 0 Å². The lowest BCUT2D eigenvalue weighted by atomic mass is 9.91. The Morgan fingerprint density at radius 1 is 0.533 bits per heavy atom. The molecule has 1 fully saturated rings. The lowest BCUT2D eigenvalue weighted by Crippen LogP contribution is -2.63. The molecule has 25 nitrogen and oxygen atoms in total. The number of amides is 10. The molecule has 10 amide bonds. The molecule has 2 heterocycles. The van der Waals surface area contributed by atoms with Crippen LogP contribution in [0.5, 0.6) is 0 Å². The van der Waals surface area contributed by atoms with Gasteiger partial charge in [-0.2, -0.15) is 0 Å². The third kappa shape index (κ3) is 23.8. The van der Waals surface area contributed by atoms with Gasteiger partial charge in [0.05, 0.1) is 18.3 Å². The van der Waals surface area contributed by atoms with Gasteiger partial charge in [0.25, 0.3) is 5.91 Å². The number of hydrogen-bond acceptors (Lipinski definition) is 15. The summed E-state index contributed by atoms with van der Waals surface area (Å²) >= 11 is 0. The lowest BCUT2D eigenvalue weighted by Gasteiger charge is -2.40. The van der Waals surface area contributed by atoms with Crippen LogP contribution in [0, 0.1) is 47.3 Å². The standard InChI is InChI=1S/C67H114N12O13/c1-24-47-62(86)74(18)35-53(80)75(19)50(32-39(6)7)59(83)72-48(30-37(2)3)63(87)76(20)51(33-40(8)9)58(82)70-45(17)67(91)92-57(43(14)15)66(90)77(21)52(34-41(10)11)60(84)73-49(31-38(4)5)64(88)78(22)54(42(12)13)65(89)79(23)55(61(85)71-47)56(81)44(16)26-25-27-46-28-29-68-36-69-46/h25,27-29,36-45,47-52,54-57,81H,24,26,30-35H2,1-23H3,(H,70,82)(H,71,85)(H,72,83)(H,73,84)/b27-25-/t44-,45-,47+,48-,49+,50+,51-,52+,54+,55+,56?,57+/m1/s1. The number of ether oxygens (including phenoxy) is 1. The third-order valence-corrected chi connectivity index (χ3v) is 16.7. The van der Waals surface area contributed by atoms with Crippen molar-refractivity contribution in [3.05, 3.63) is 30.4 Å². The van der Waals surface area contributed by atoms with Gasteiger partial charge in [0.15, 0.2) is 6.10 Å². The minimum Gasteiger partial charge on any atom is -0.450 e. The first kappa shape index (κ1) is 81.0. The van der Waals surface area contributed by atoms with Crippen molar-refractivity contribution in [3.63, 3.8) is 0 Å². The van der Waals surface area contributed by atoms with Crippen LogP contribution in [-0.4, -0.2) is 225 Å². The summed E-state index contributed by atoms with van der Waals surface area (Å²) in [5, 5.41) is 23.6. The van der Waals surface area contributed by atoms with Crippen LogP contribution in [0.4, 0.5) is 0 Å². The molecule has 2 rings (SSSR count). The first-order valence-corrected chi connectivity index (χ1v) is 32.8. The van der Waals surface area contributed by atoms with Gasteiger partial charge in [0.1, 0.15) is 60.7 Å². The molecule has 520 valence electrons. The zero-order valence-corrected chi connectivity index (χ0v) is 59.4. The van der Waals surface area contributed by atoms with Crippen LogP contribution in [0.1, 0.15) is 168 Å². The van der Waals surface area contributed by atoms with E-state index in [2.05, 4.69) is 31.2 Å². The maximum Gasteiger partial charge on any atom is 0.329 e. The number of allylic oxidation sites excluding steroid dienone is 1. The largest absolute Gasteiger partial charge is 0.450 e. The highest BCUT2D eigenvalue weighted by Crippen LogP contribution is 2.25. The number of nitrogens with zero attached hydrogens (tertiary/aromatic N) is 8. The molecule has 1 aromatic rings. The second-order valence-corrected chi connectivity index (χ2v) is 28.0. The number of esters is 1. The molecule has 92 heavy (non-hydrogen) atoms. The molecule has 1 saturated heterocycles. The van der Waals surface area contributed by atoms with Crippen LogP contribution < -0.4 is 21.3 Å². The predicted molar refractivity (Wildman–Crippen MR) is 352 cm³/mol. The van der Waals surface area contributed by atoms with E-state index < -0.39 is 156 Å². The van der Waals surface area contributed by atoms with E-state index in [0.29, 0.717) is 5.69 Å². The van der Waals surface area contributed by atoms with Crippen LogP contribution in [-0.2, 0) is 57.5 Å². The highest BCUT2D eigenvalue weighted by Gasteiger charge is 2.45. The van der Waals surface area contributed by atoms with Crippen LogP contribution in [0.25, 0.3) is 6.08 Å². The van der Waals surface area contributed by atoms with Crippen LogP contribution in [0.3, 0.4) is 0 Å². The van der Waals surface area contributed by atoms with Crippen molar-refractivity contribution in [1.82, 2.24) is 60.6 Å². The first-order chi connectivity index (χ1) is 42.7. The van der Waals surface area contributed by atoms with Gasteiger partial charge in [-0.05, 0) is 111 Å². The Morgan fingerprint density at radius 3 is 1.40 bits per heavy atom. The van der Waals surface area contributed by atoms with E-state index in [1.54, 1.807) is 66.0 Å². The molecule has 0 saturated carbocycles. The molecule has 1 aromatic heterocycles. The van der Waals surface area contributed by atoms with E-state index in [0.717, 1.165) is 9.80 Å². The monoisotopic (exact) mass is 1290 g/mol.